The highest BCUT2D eigenvalue weighted by Crippen LogP contribution is 2.54. The molecule has 2 aliphatic rings. The van der Waals surface area contributed by atoms with Gasteiger partial charge in [-0.3, -0.25) is 9.59 Å². The largest absolute Gasteiger partial charge is 0.481 e. The Hall–Kier alpha value is -1.59. The molecule has 0 aliphatic heterocycles. The summed E-state index contributed by atoms with van der Waals surface area (Å²) in [4.78, 5) is 33.0. The molecule has 0 spiro atoms. The normalized spacial score (nSPS) is 31.4. The van der Waals surface area contributed by atoms with Crippen molar-refractivity contribution < 1.29 is 24.6 Å². The molecule has 0 bridgehead atoms. The van der Waals surface area contributed by atoms with Crippen molar-refractivity contribution in [2.75, 3.05) is 0 Å². The first-order valence-electron chi connectivity index (χ1n) is 5.72. The Morgan fingerprint density at radius 3 is 2.18 bits per heavy atom. The summed E-state index contributed by atoms with van der Waals surface area (Å²) in [6.45, 7) is 0. The van der Waals surface area contributed by atoms with Gasteiger partial charge in [0.15, 0.2) is 0 Å². The first kappa shape index (κ1) is 11.9. The molecule has 0 aromatic carbocycles. The second-order valence-corrected chi connectivity index (χ2v) is 4.92. The highest BCUT2D eigenvalue weighted by molar-refractivity contribution is 5.87. The number of amides is 1. The first-order valence-corrected chi connectivity index (χ1v) is 5.72. The van der Waals surface area contributed by atoms with E-state index in [0.29, 0.717) is 11.8 Å². The molecule has 2 fully saturated rings. The Morgan fingerprint density at radius 1 is 1.12 bits per heavy atom. The summed E-state index contributed by atoms with van der Waals surface area (Å²) in [5.41, 5.74) is 0. The van der Waals surface area contributed by atoms with Crippen LogP contribution in [0, 0.1) is 17.8 Å². The molecule has 0 aromatic rings. The van der Waals surface area contributed by atoms with Gasteiger partial charge in [0.05, 0.1) is 6.42 Å². The smallest absolute Gasteiger partial charge is 0.326 e. The van der Waals surface area contributed by atoms with Crippen molar-refractivity contribution in [3.05, 3.63) is 0 Å². The van der Waals surface area contributed by atoms with Gasteiger partial charge in [-0.05, 0) is 31.1 Å². The van der Waals surface area contributed by atoms with E-state index in [2.05, 4.69) is 5.32 Å². The van der Waals surface area contributed by atoms with Gasteiger partial charge in [0.25, 0.3) is 0 Å². The van der Waals surface area contributed by atoms with Gasteiger partial charge in [0, 0.05) is 5.92 Å². The molecule has 0 saturated heterocycles. The van der Waals surface area contributed by atoms with E-state index in [4.69, 9.17) is 10.2 Å². The number of hydrogen-bond donors (Lipinski definition) is 3. The molecule has 3 unspecified atom stereocenters. The zero-order valence-corrected chi connectivity index (χ0v) is 9.26. The topological polar surface area (TPSA) is 104 Å². The summed E-state index contributed by atoms with van der Waals surface area (Å²) in [7, 11) is 0. The molecule has 17 heavy (non-hydrogen) atoms. The number of carboxylic acid groups (broad SMARTS) is 2. The van der Waals surface area contributed by atoms with Crippen LogP contribution in [0.2, 0.25) is 0 Å². The SMILES string of the molecule is O=C(O)CC(NC(=O)C1CC2CC2C1)C(=O)O. The molecule has 3 N–H and O–H groups in total. The molecular formula is C11H15NO5. The fourth-order valence-corrected chi connectivity index (χ4v) is 2.59. The molecule has 0 heterocycles. The van der Waals surface area contributed by atoms with Crippen LogP contribution in [0.4, 0.5) is 0 Å². The van der Waals surface area contributed by atoms with Gasteiger partial charge in [0.2, 0.25) is 5.91 Å². The van der Waals surface area contributed by atoms with Crippen molar-refractivity contribution >= 4 is 17.8 Å². The standard InChI is InChI=1S/C11H15NO5/c13-9(14)4-8(11(16)17)12-10(15)7-2-5-1-6(5)3-7/h5-8H,1-4H2,(H,12,15)(H,13,14)(H,16,17). The number of carbonyl (C=O) groups excluding carboxylic acids is 1. The third kappa shape index (κ3) is 2.75. The number of fused-ring (bicyclic) bond motifs is 1. The molecular weight excluding hydrogens is 226 g/mol. The van der Waals surface area contributed by atoms with Crippen molar-refractivity contribution in [3.8, 4) is 0 Å². The second-order valence-electron chi connectivity index (χ2n) is 4.92. The van der Waals surface area contributed by atoms with Crippen LogP contribution in [0.15, 0.2) is 0 Å². The fraction of sp³-hybridized carbons (Fsp3) is 0.727. The molecule has 0 radical (unpaired) electrons. The molecule has 0 aromatic heterocycles. The minimum Gasteiger partial charge on any atom is -0.481 e. The molecule has 2 saturated carbocycles. The van der Waals surface area contributed by atoms with E-state index in [9.17, 15) is 14.4 Å². The van der Waals surface area contributed by atoms with Crippen molar-refractivity contribution in [2.45, 2.75) is 31.7 Å². The van der Waals surface area contributed by atoms with Gasteiger partial charge in [0.1, 0.15) is 6.04 Å². The quantitative estimate of drug-likeness (QED) is 0.632. The highest BCUT2D eigenvalue weighted by Gasteiger charge is 2.48. The maximum absolute atomic E-state index is 11.7. The summed E-state index contributed by atoms with van der Waals surface area (Å²) in [6.07, 6.45) is 2.23. The maximum Gasteiger partial charge on any atom is 0.326 e. The summed E-state index contributed by atoms with van der Waals surface area (Å²) in [6, 6.07) is -1.32. The number of carboxylic acids is 2. The summed E-state index contributed by atoms with van der Waals surface area (Å²) < 4.78 is 0. The first-order chi connectivity index (χ1) is 7.97. The van der Waals surface area contributed by atoms with E-state index in [1.54, 1.807) is 0 Å². The Labute approximate surface area is 98.0 Å². The lowest BCUT2D eigenvalue weighted by Gasteiger charge is -2.16. The van der Waals surface area contributed by atoms with Crippen LogP contribution in [0.1, 0.15) is 25.7 Å². The van der Waals surface area contributed by atoms with Gasteiger partial charge in [-0.1, -0.05) is 0 Å². The number of nitrogens with one attached hydrogen (secondary N) is 1. The van der Waals surface area contributed by atoms with E-state index >= 15 is 0 Å². The minimum atomic E-state index is -1.32. The Bertz CT molecular complexity index is 357. The summed E-state index contributed by atoms with van der Waals surface area (Å²) in [5.74, 6) is -1.71. The lowest BCUT2D eigenvalue weighted by Crippen LogP contribution is -2.44. The Kier molecular flexibility index (Phi) is 3.04. The molecule has 6 heteroatoms. The molecule has 3 atom stereocenters. The number of rotatable bonds is 5. The van der Waals surface area contributed by atoms with Crippen LogP contribution in [0.25, 0.3) is 0 Å². The van der Waals surface area contributed by atoms with Gasteiger partial charge in [-0.2, -0.15) is 0 Å². The number of aliphatic carboxylic acids is 2. The third-order valence-corrected chi connectivity index (χ3v) is 3.61. The predicted molar refractivity (Wildman–Crippen MR) is 56.1 cm³/mol. The molecule has 6 nitrogen and oxygen atoms in total. The van der Waals surface area contributed by atoms with Crippen LogP contribution in [0.3, 0.4) is 0 Å². The van der Waals surface area contributed by atoms with E-state index in [1.165, 1.54) is 6.42 Å². The molecule has 1 amide bonds. The van der Waals surface area contributed by atoms with Crippen molar-refractivity contribution in [1.29, 1.82) is 0 Å². The minimum absolute atomic E-state index is 0.130. The van der Waals surface area contributed by atoms with Crippen molar-refractivity contribution in [3.63, 3.8) is 0 Å². The Balaban J connectivity index is 1.86. The monoisotopic (exact) mass is 241 g/mol. The van der Waals surface area contributed by atoms with Crippen LogP contribution in [-0.4, -0.2) is 34.1 Å². The van der Waals surface area contributed by atoms with Crippen LogP contribution in [-0.2, 0) is 14.4 Å². The van der Waals surface area contributed by atoms with E-state index in [-0.39, 0.29) is 11.8 Å². The van der Waals surface area contributed by atoms with Crippen LogP contribution >= 0.6 is 0 Å². The Morgan fingerprint density at radius 2 is 1.71 bits per heavy atom. The number of hydrogen-bond acceptors (Lipinski definition) is 3. The van der Waals surface area contributed by atoms with Gasteiger partial charge < -0.3 is 15.5 Å². The average molecular weight is 241 g/mol. The van der Waals surface area contributed by atoms with Gasteiger partial charge in [-0.25, -0.2) is 4.79 Å². The van der Waals surface area contributed by atoms with E-state index in [0.717, 1.165) is 12.8 Å². The zero-order valence-electron chi connectivity index (χ0n) is 9.26. The average Bonchev–Trinajstić information content (AvgIpc) is 2.84. The molecule has 94 valence electrons. The van der Waals surface area contributed by atoms with Gasteiger partial charge in [-0.15, -0.1) is 0 Å². The van der Waals surface area contributed by atoms with E-state index in [1.807, 2.05) is 0 Å². The third-order valence-electron chi connectivity index (χ3n) is 3.61. The maximum atomic E-state index is 11.7. The summed E-state index contributed by atoms with van der Waals surface area (Å²) >= 11 is 0. The fourth-order valence-electron chi connectivity index (χ4n) is 2.59. The number of carbonyl (C=O) groups is 3. The van der Waals surface area contributed by atoms with Crippen molar-refractivity contribution in [1.82, 2.24) is 5.32 Å². The van der Waals surface area contributed by atoms with Crippen molar-refractivity contribution in [2.24, 2.45) is 17.8 Å². The lowest BCUT2D eigenvalue weighted by molar-refractivity contribution is -0.147. The second kappa shape index (κ2) is 4.35. The highest BCUT2D eigenvalue weighted by atomic mass is 16.4. The molecule has 2 rings (SSSR count). The van der Waals surface area contributed by atoms with Crippen LogP contribution < -0.4 is 5.32 Å². The van der Waals surface area contributed by atoms with Gasteiger partial charge >= 0.3 is 11.9 Å². The lowest BCUT2D eigenvalue weighted by atomic mass is 10.0. The van der Waals surface area contributed by atoms with E-state index < -0.39 is 24.4 Å². The predicted octanol–water partition coefficient (Wildman–Crippen LogP) is 0.0766. The zero-order chi connectivity index (χ0) is 12.6. The summed E-state index contributed by atoms with van der Waals surface area (Å²) in [5, 5.41) is 19.7. The molecule has 2 aliphatic carbocycles. The van der Waals surface area contributed by atoms with Crippen LogP contribution in [0.5, 0.6) is 0 Å².